The molecule has 0 fully saturated rings. The molecule has 0 aromatic carbocycles. The Labute approximate surface area is 99.1 Å². The number of hydrogen-bond donors (Lipinski definition) is 1. The summed E-state index contributed by atoms with van der Waals surface area (Å²) in [5.74, 6) is 0. The third kappa shape index (κ3) is 3.49. The quantitative estimate of drug-likeness (QED) is 0.886. The average Bonchev–Trinajstić information content (AvgIpc) is 2.61. The zero-order valence-electron chi connectivity index (χ0n) is 10.1. The van der Waals surface area contributed by atoms with Crippen LogP contribution in [0.2, 0.25) is 0 Å². The number of alkyl halides is 2. The second kappa shape index (κ2) is 5.19. The first kappa shape index (κ1) is 13.5. The summed E-state index contributed by atoms with van der Waals surface area (Å²) in [4.78, 5) is 4.40. The molecular formula is C11H18F2N2S. The fraction of sp³-hybridized carbons (Fsp3) is 0.727. The first-order valence-electron chi connectivity index (χ1n) is 5.25. The Bertz CT molecular complexity index is 331. The lowest BCUT2D eigenvalue weighted by molar-refractivity contribution is 0.102. The van der Waals surface area contributed by atoms with Crippen LogP contribution >= 0.6 is 11.3 Å². The molecule has 5 heteroatoms. The smallest absolute Gasteiger partial charge is 0.254 e. The predicted molar refractivity (Wildman–Crippen MR) is 63.4 cm³/mol. The number of aromatic nitrogens is 1. The van der Waals surface area contributed by atoms with E-state index in [1.807, 2.05) is 5.38 Å². The molecule has 0 aliphatic carbocycles. The highest BCUT2D eigenvalue weighted by Crippen LogP contribution is 2.24. The topological polar surface area (TPSA) is 24.9 Å². The molecule has 1 heterocycles. The predicted octanol–water partition coefficient (Wildman–Crippen LogP) is 2.84. The van der Waals surface area contributed by atoms with Crippen molar-refractivity contribution in [2.75, 3.05) is 7.05 Å². The van der Waals surface area contributed by atoms with Crippen LogP contribution in [-0.4, -0.2) is 24.5 Å². The van der Waals surface area contributed by atoms with Gasteiger partial charge in [0.1, 0.15) is 0 Å². The van der Waals surface area contributed by atoms with E-state index in [0.29, 0.717) is 0 Å². The third-order valence-corrected chi connectivity index (χ3v) is 3.26. The standard InChI is InChI=1S/C11H18F2N2S/c1-11(2,3)8-6-16-9(15-8)5-7(14-4)10(12)13/h6-7,10,14H,5H2,1-4H3. The molecule has 0 radical (unpaired) electrons. The number of halogens is 2. The number of nitrogens with zero attached hydrogens (tertiary/aromatic N) is 1. The maximum atomic E-state index is 12.5. The maximum absolute atomic E-state index is 12.5. The molecule has 1 atom stereocenters. The molecule has 2 nitrogen and oxygen atoms in total. The number of nitrogens with one attached hydrogen (secondary N) is 1. The Morgan fingerprint density at radius 3 is 2.44 bits per heavy atom. The lowest BCUT2D eigenvalue weighted by atomic mass is 9.93. The van der Waals surface area contributed by atoms with Crippen molar-refractivity contribution in [3.63, 3.8) is 0 Å². The molecule has 1 aromatic heterocycles. The summed E-state index contributed by atoms with van der Waals surface area (Å²) in [6.07, 6.45) is -2.07. The average molecular weight is 248 g/mol. The minimum Gasteiger partial charge on any atom is -0.312 e. The molecule has 0 spiro atoms. The van der Waals surface area contributed by atoms with Crippen LogP contribution in [0.25, 0.3) is 0 Å². The van der Waals surface area contributed by atoms with Crippen LogP contribution in [0.1, 0.15) is 31.5 Å². The van der Waals surface area contributed by atoms with Crippen LogP contribution in [0.3, 0.4) is 0 Å². The first-order valence-corrected chi connectivity index (χ1v) is 6.13. The molecule has 0 amide bonds. The molecule has 1 N–H and O–H groups in total. The van der Waals surface area contributed by atoms with Gasteiger partial charge in [0.15, 0.2) is 0 Å². The van der Waals surface area contributed by atoms with Crippen molar-refractivity contribution >= 4 is 11.3 Å². The molecular weight excluding hydrogens is 230 g/mol. The van der Waals surface area contributed by atoms with Gasteiger partial charge in [-0.25, -0.2) is 13.8 Å². The third-order valence-electron chi connectivity index (χ3n) is 2.39. The second-order valence-electron chi connectivity index (χ2n) is 4.81. The maximum Gasteiger partial charge on any atom is 0.254 e. The van der Waals surface area contributed by atoms with E-state index in [-0.39, 0.29) is 11.8 Å². The molecule has 0 bridgehead atoms. The molecule has 1 aromatic rings. The SMILES string of the molecule is CNC(Cc1nc(C(C)(C)C)cs1)C(F)F. The Morgan fingerprint density at radius 2 is 2.06 bits per heavy atom. The normalized spacial score (nSPS) is 14.4. The molecule has 16 heavy (non-hydrogen) atoms. The van der Waals surface area contributed by atoms with Gasteiger partial charge in [0.05, 0.1) is 16.7 Å². The zero-order valence-corrected chi connectivity index (χ0v) is 10.9. The fourth-order valence-corrected chi connectivity index (χ4v) is 2.34. The summed E-state index contributed by atoms with van der Waals surface area (Å²) in [5.41, 5.74) is 0.950. The van der Waals surface area contributed by atoms with E-state index in [0.717, 1.165) is 10.7 Å². The summed E-state index contributed by atoms with van der Waals surface area (Å²) in [6, 6.07) is -0.807. The molecule has 0 aliphatic heterocycles. The van der Waals surface area contributed by atoms with Crippen molar-refractivity contribution in [3.05, 3.63) is 16.1 Å². The Balaban J connectivity index is 2.72. The van der Waals surface area contributed by atoms with Crippen LogP contribution in [0.5, 0.6) is 0 Å². The Hall–Kier alpha value is -0.550. The van der Waals surface area contributed by atoms with Crippen molar-refractivity contribution in [2.45, 2.75) is 45.1 Å². The van der Waals surface area contributed by atoms with Crippen molar-refractivity contribution < 1.29 is 8.78 Å². The van der Waals surface area contributed by atoms with Gasteiger partial charge in [-0.3, -0.25) is 0 Å². The minimum absolute atomic E-state index is 0.0191. The Kier molecular flexibility index (Phi) is 4.38. The second-order valence-corrected chi connectivity index (χ2v) is 5.75. The lowest BCUT2D eigenvalue weighted by Gasteiger charge is -2.15. The number of hydrogen-bond acceptors (Lipinski definition) is 3. The van der Waals surface area contributed by atoms with E-state index in [4.69, 9.17) is 0 Å². The monoisotopic (exact) mass is 248 g/mol. The van der Waals surface area contributed by atoms with E-state index in [1.165, 1.54) is 11.3 Å². The van der Waals surface area contributed by atoms with Crippen LogP contribution in [0.4, 0.5) is 8.78 Å². The molecule has 92 valence electrons. The van der Waals surface area contributed by atoms with Crippen molar-refractivity contribution in [3.8, 4) is 0 Å². The molecule has 0 saturated heterocycles. The van der Waals surface area contributed by atoms with Crippen molar-refractivity contribution in [2.24, 2.45) is 0 Å². The summed E-state index contributed by atoms with van der Waals surface area (Å²) in [5, 5.41) is 5.33. The number of thiazole rings is 1. The van der Waals surface area contributed by atoms with Crippen LogP contribution < -0.4 is 5.32 Å². The summed E-state index contributed by atoms with van der Waals surface area (Å²) in [6.45, 7) is 6.19. The highest BCUT2D eigenvalue weighted by Gasteiger charge is 2.22. The molecule has 1 unspecified atom stereocenters. The van der Waals surface area contributed by atoms with E-state index in [9.17, 15) is 8.78 Å². The highest BCUT2D eigenvalue weighted by molar-refractivity contribution is 7.09. The molecule has 0 saturated carbocycles. The van der Waals surface area contributed by atoms with Gasteiger partial charge in [-0.05, 0) is 7.05 Å². The van der Waals surface area contributed by atoms with E-state index in [1.54, 1.807) is 7.05 Å². The van der Waals surface area contributed by atoms with Gasteiger partial charge < -0.3 is 5.32 Å². The fourth-order valence-electron chi connectivity index (χ4n) is 1.25. The van der Waals surface area contributed by atoms with Gasteiger partial charge in [0, 0.05) is 17.2 Å². The van der Waals surface area contributed by atoms with Gasteiger partial charge in [0.25, 0.3) is 6.43 Å². The van der Waals surface area contributed by atoms with Gasteiger partial charge in [-0.15, -0.1) is 11.3 Å². The van der Waals surface area contributed by atoms with E-state index >= 15 is 0 Å². The van der Waals surface area contributed by atoms with E-state index in [2.05, 4.69) is 31.1 Å². The summed E-state index contributed by atoms with van der Waals surface area (Å²) < 4.78 is 25.1. The van der Waals surface area contributed by atoms with Crippen molar-refractivity contribution in [1.82, 2.24) is 10.3 Å². The zero-order chi connectivity index (χ0) is 12.3. The van der Waals surface area contributed by atoms with Crippen LogP contribution in [0, 0.1) is 0 Å². The van der Waals surface area contributed by atoms with Gasteiger partial charge in [0.2, 0.25) is 0 Å². The largest absolute Gasteiger partial charge is 0.312 e. The van der Waals surface area contributed by atoms with Gasteiger partial charge in [-0.1, -0.05) is 20.8 Å². The van der Waals surface area contributed by atoms with Gasteiger partial charge >= 0.3 is 0 Å². The highest BCUT2D eigenvalue weighted by atomic mass is 32.1. The number of likely N-dealkylation sites (N-methyl/N-ethyl adjacent to an activating group) is 1. The van der Waals surface area contributed by atoms with Crippen LogP contribution in [0.15, 0.2) is 5.38 Å². The first-order chi connectivity index (χ1) is 7.34. The van der Waals surface area contributed by atoms with Crippen molar-refractivity contribution in [1.29, 1.82) is 0 Å². The Morgan fingerprint density at radius 1 is 1.44 bits per heavy atom. The van der Waals surface area contributed by atoms with Gasteiger partial charge in [-0.2, -0.15) is 0 Å². The number of rotatable bonds is 4. The van der Waals surface area contributed by atoms with E-state index < -0.39 is 12.5 Å². The molecule has 1 rings (SSSR count). The van der Waals surface area contributed by atoms with Crippen LogP contribution in [-0.2, 0) is 11.8 Å². The minimum atomic E-state index is -2.35. The summed E-state index contributed by atoms with van der Waals surface area (Å²) in [7, 11) is 1.55. The summed E-state index contributed by atoms with van der Waals surface area (Å²) >= 11 is 1.45. The lowest BCUT2D eigenvalue weighted by Crippen LogP contribution is -2.34. The molecule has 0 aliphatic rings.